The van der Waals surface area contributed by atoms with E-state index in [1.165, 1.54) is 10.4 Å². The fraction of sp³-hybridized carbons (Fsp3) is 0.375. The second-order valence-corrected chi connectivity index (χ2v) is 5.98. The van der Waals surface area contributed by atoms with E-state index in [1.54, 1.807) is 0 Å². The lowest BCUT2D eigenvalue weighted by Gasteiger charge is -2.25. The van der Waals surface area contributed by atoms with E-state index in [0.717, 1.165) is 44.2 Å². The Balaban J connectivity index is 1.75. The molecule has 0 saturated carbocycles. The van der Waals surface area contributed by atoms with Crippen molar-refractivity contribution in [3.63, 3.8) is 0 Å². The predicted molar refractivity (Wildman–Crippen MR) is 84.5 cm³/mol. The van der Waals surface area contributed by atoms with Gasteiger partial charge in [0.2, 0.25) is 0 Å². The lowest BCUT2D eigenvalue weighted by Crippen LogP contribution is -2.24. The highest BCUT2D eigenvalue weighted by molar-refractivity contribution is 7.09. The topological polar surface area (TPSA) is 24.5 Å². The number of nitrogens with zero attached hydrogens (tertiary/aromatic N) is 1. The summed E-state index contributed by atoms with van der Waals surface area (Å²) < 4.78 is 5.85. The Hall–Kier alpha value is -1.52. The number of thiophene rings is 1. The molecule has 0 spiro atoms. The fourth-order valence-electron chi connectivity index (χ4n) is 2.50. The Bertz CT molecular complexity index is 554. The van der Waals surface area contributed by atoms with Crippen LogP contribution in [0.3, 0.4) is 0 Å². The molecule has 0 atom stereocenters. The molecule has 1 aromatic heterocycles. The summed E-state index contributed by atoms with van der Waals surface area (Å²) in [6.45, 7) is 6.83. The molecular weight excluding hydrogens is 268 g/mol. The van der Waals surface area contributed by atoms with E-state index >= 15 is 0 Å². The summed E-state index contributed by atoms with van der Waals surface area (Å²) in [6, 6.07) is 10.7. The van der Waals surface area contributed by atoms with Crippen LogP contribution in [-0.4, -0.2) is 24.6 Å². The first-order valence-electron chi connectivity index (χ1n) is 7.10. The molecule has 1 aliphatic rings. The lowest BCUT2D eigenvalue weighted by atomic mass is 10.1. The van der Waals surface area contributed by atoms with Gasteiger partial charge in [0.1, 0.15) is 12.4 Å². The zero-order valence-corrected chi connectivity index (χ0v) is 12.6. The normalized spacial score (nSPS) is 13.7. The summed E-state index contributed by atoms with van der Waals surface area (Å²) >= 11 is 1.82. The maximum Gasteiger partial charge on any atom is 0.146 e. The highest BCUT2D eigenvalue weighted by Crippen LogP contribution is 2.32. The number of ether oxygens (including phenoxy) is 1. The van der Waals surface area contributed by atoms with Gasteiger partial charge in [0.05, 0.1) is 5.69 Å². The molecule has 20 heavy (non-hydrogen) atoms. The summed E-state index contributed by atoms with van der Waals surface area (Å²) in [5, 5.41) is 5.54. The van der Waals surface area contributed by atoms with Gasteiger partial charge < -0.3 is 10.1 Å². The molecule has 2 heterocycles. The largest absolute Gasteiger partial charge is 0.489 e. The number of para-hydroxylation sites is 1. The molecule has 3 rings (SSSR count). The number of nitrogens with one attached hydrogen (secondary N) is 1. The zero-order chi connectivity index (χ0) is 13.8. The van der Waals surface area contributed by atoms with Crippen molar-refractivity contribution in [3.8, 4) is 5.75 Å². The van der Waals surface area contributed by atoms with Crippen molar-refractivity contribution < 1.29 is 4.74 Å². The van der Waals surface area contributed by atoms with Crippen LogP contribution in [0.1, 0.15) is 17.4 Å². The van der Waals surface area contributed by atoms with Crippen LogP contribution in [-0.2, 0) is 13.1 Å². The molecule has 0 amide bonds. The fourth-order valence-corrected chi connectivity index (χ4v) is 3.25. The first-order valence-corrected chi connectivity index (χ1v) is 7.98. The first-order chi connectivity index (χ1) is 9.86. The molecule has 2 aromatic rings. The third-order valence-electron chi connectivity index (χ3n) is 3.56. The Kier molecular flexibility index (Phi) is 4.23. The van der Waals surface area contributed by atoms with Gasteiger partial charge in [-0.05, 0) is 24.1 Å². The van der Waals surface area contributed by atoms with E-state index in [1.807, 2.05) is 11.3 Å². The van der Waals surface area contributed by atoms with Crippen LogP contribution in [0.25, 0.3) is 0 Å². The third-order valence-corrected chi connectivity index (χ3v) is 4.42. The molecule has 0 bridgehead atoms. The summed E-state index contributed by atoms with van der Waals surface area (Å²) in [4.78, 5) is 3.86. The van der Waals surface area contributed by atoms with Gasteiger partial charge in [-0.2, -0.15) is 0 Å². The van der Waals surface area contributed by atoms with Gasteiger partial charge >= 0.3 is 0 Å². The average molecular weight is 288 g/mol. The van der Waals surface area contributed by atoms with E-state index in [0.29, 0.717) is 0 Å². The van der Waals surface area contributed by atoms with Crippen LogP contribution in [0.2, 0.25) is 0 Å². The summed E-state index contributed by atoms with van der Waals surface area (Å²) in [6.07, 6.45) is 0. The van der Waals surface area contributed by atoms with Crippen molar-refractivity contribution in [2.75, 3.05) is 25.0 Å². The minimum absolute atomic E-state index is 0.751. The van der Waals surface area contributed by atoms with Crippen molar-refractivity contribution in [2.45, 2.75) is 20.0 Å². The van der Waals surface area contributed by atoms with Gasteiger partial charge in [-0.25, -0.2) is 0 Å². The van der Waals surface area contributed by atoms with Crippen molar-refractivity contribution in [3.05, 3.63) is 46.2 Å². The molecular formula is C16H20N2OS. The molecule has 1 aliphatic heterocycles. The molecule has 0 radical (unpaired) electrons. The van der Waals surface area contributed by atoms with E-state index in [2.05, 4.69) is 52.9 Å². The number of anilines is 1. The monoisotopic (exact) mass is 288 g/mol. The van der Waals surface area contributed by atoms with Crippen molar-refractivity contribution >= 4 is 17.0 Å². The van der Waals surface area contributed by atoms with Gasteiger partial charge in [-0.15, -0.1) is 11.3 Å². The van der Waals surface area contributed by atoms with E-state index in [9.17, 15) is 0 Å². The number of benzene rings is 1. The number of rotatable bonds is 5. The van der Waals surface area contributed by atoms with Gasteiger partial charge in [0, 0.05) is 30.1 Å². The summed E-state index contributed by atoms with van der Waals surface area (Å²) in [5.74, 6) is 1.03. The van der Waals surface area contributed by atoms with Gasteiger partial charge in [-0.1, -0.05) is 25.1 Å². The summed E-state index contributed by atoms with van der Waals surface area (Å²) in [5.41, 5.74) is 2.40. The molecule has 3 nitrogen and oxygen atoms in total. The van der Waals surface area contributed by atoms with Crippen molar-refractivity contribution in [1.29, 1.82) is 0 Å². The van der Waals surface area contributed by atoms with E-state index < -0.39 is 0 Å². The molecule has 4 heteroatoms. The van der Waals surface area contributed by atoms with Gasteiger partial charge in [0.15, 0.2) is 0 Å². The Morgan fingerprint density at radius 3 is 3.00 bits per heavy atom. The van der Waals surface area contributed by atoms with Crippen molar-refractivity contribution in [1.82, 2.24) is 4.90 Å². The van der Waals surface area contributed by atoms with Crippen LogP contribution < -0.4 is 10.1 Å². The Morgan fingerprint density at radius 2 is 2.20 bits per heavy atom. The van der Waals surface area contributed by atoms with E-state index in [-0.39, 0.29) is 0 Å². The van der Waals surface area contributed by atoms with Gasteiger partial charge in [0.25, 0.3) is 0 Å². The van der Waals surface area contributed by atoms with Crippen molar-refractivity contribution in [2.24, 2.45) is 0 Å². The maximum absolute atomic E-state index is 5.85. The van der Waals surface area contributed by atoms with Crippen LogP contribution in [0.4, 0.5) is 5.69 Å². The maximum atomic E-state index is 5.85. The second kappa shape index (κ2) is 6.29. The molecule has 0 aliphatic carbocycles. The zero-order valence-electron chi connectivity index (χ0n) is 11.8. The van der Waals surface area contributed by atoms with Crippen LogP contribution in [0.5, 0.6) is 5.75 Å². The molecule has 1 aromatic carbocycles. The quantitative estimate of drug-likeness (QED) is 0.910. The highest BCUT2D eigenvalue weighted by Gasteiger charge is 2.15. The average Bonchev–Trinajstić information content (AvgIpc) is 3.00. The van der Waals surface area contributed by atoms with Gasteiger partial charge in [-0.3, -0.25) is 4.90 Å². The number of fused-ring (bicyclic) bond motifs is 1. The lowest BCUT2D eigenvalue weighted by molar-refractivity contribution is 0.261. The Labute approximate surface area is 124 Å². The predicted octanol–water partition coefficient (Wildman–Crippen LogP) is 3.57. The smallest absolute Gasteiger partial charge is 0.146 e. The standard InChI is InChI=1S/C16H20N2OS/c1-2-18(12-14-6-4-10-20-14)11-13-5-3-7-15-16(13)19-9-8-17-15/h3-7,10,17H,2,8-9,11-12H2,1H3. The second-order valence-electron chi connectivity index (χ2n) is 4.95. The van der Waals surface area contributed by atoms with E-state index in [4.69, 9.17) is 4.74 Å². The molecule has 0 saturated heterocycles. The molecule has 0 unspecified atom stereocenters. The van der Waals surface area contributed by atoms with Crippen LogP contribution in [0, 0.1) is 0 Å². The molecule has 106 valence electrons. The highest BCUT2D eigenvalue weighted by atomic mass is 32.1. The Morgan fingerprint density at radius 1 is 1.25 bits per heavy atom. The molecule has 0 fully saturated rings. The number of hydrogen-bond acceptors (Lipinski definition) is 4. The first kappa shape index (κ1) is 13.5. The SMILES string of the molecule is CCN(Cc1cccs1)Cc1cccc2c1OCCN2. The number of hydrogen-bond donors (Lipinski definition) is 1. The molecule has 1 N–H and O–H groups in total. The summed E-state index contributed by atoms with van der Waals surface area (Å²) in [7, 11) is 0. The van der Waals surface area contributed by atoms with Crippen LogP contribution >= 0.6 is 11.3 Å². The minimum atomic E-state index is 0.751. The minimum Gasteiger partial charge on any atom is -0.489 e. The van der Waals surface area contributed by atoms with Crippen LogP contribution in [0.15, 0.2) is 35.7 Å². The third kappa shape index (κ3) is 2.97.